The molecule has 1 aromatic heterocycles. The molecule has 1 aliphatic rings. The smallest absolute Gasteiger partial charge is 0.303 e. The van der Waals surface area contributed by atoms with Crippen molar-refractivity contribution in [1.29, 1.82) is 0 Å². The molecule has 2 aromatic rings. The fourth-order valence-electron chi connectivity index (χ4n) is 3.76. The van der Waals surface area contributed by atoms with E-state index in [0.29, 0.717) is 30.0 Å². The molecule has 3 N–H and O–H groups in total. The van der Waals surface area contributed by atoms with Crippen molar-refractivity contribution >= 4 is 34.9 Å². The summed E-state index contributed by atoms with van der Waals surface area (Å²) >= 11 is 5.83. The minimum Gasteiger partial charge on any atom is -0.481 e. The summed E-state index contributed by atoms with van der Waals surface area (Å²) in [5.41, 5.74) is 0.650. The maximum Gasteiger partial charge on any atom is 0.303 e. The average molecular weight is 436 g/mol. The molecule has 0 saturated heterocycles. The van der Waals surface area contributed by atoms with Crippen molar-refractivity contribution in [3.8, 4) is 0 Å². The first-order valence-electron chi connectivity index (χ1n) is 10.1. The minimum absolute atomic E-state index is 0.0529. The van der Waals surface area contributed by atoms with Crippen LogP contribution in [0, 0.1) is 5.82 Å². The van der Waals surface area contributed by atoms with Crippen molar-refractivity contribution in [3.05, 3.63) is 41.4 Å². The zero-order valence-electron chi connectivity index (χ0n) is 16.9. The number of aliphatic carboxylic acids is 1. The molecule has 0 spiro atoms. The van der Waals surface area contributed by atoms with E-state index in [1.165, 1.54) is 18.5 Å². The summed E-state index contributed by atoms with van der Waals surface area (Å²) < 4.78 is 13.3. The van der Waals surface area contributed by atoms with E-state index in [1.807, 2.05) is 6.07 Å². The van der Waals surface area contributed by atoms with Crippen molar-refractivity contribution in [3.63, 3.8) is 0 Å². The van der Waals surface area contributed by atoms with Crippen LogP contribution in [0.4, 0.5) is 21.7 Å². The molecule has 3 rings (SSSR count). The third-order valence-electron chi connectivity index (χ3n) is 5.43. The number of nitrogens with one attached hydrogen (secondary N) is 2. The van der Waals surface area contributed by atoms with Gasteiger partial charge in [0.1, 0.15) is 23.8 Å². The molecule has 9 heteroatoms. The molecule has 1 saturated carbocycles. The lowest BCUT2D eigenvalue weighted by molar-refractivity contribution is -0.137. The number of nitrogens with zero attached hydrogens (tertiary/aromatic N) is 3. The molecule has 1 fully saturated rings. The number of carboxylic acids is 1. The number of halogens is 2. The highest BCUT2D eigenvalue weighted by atomic mass is 35.5. The molecule has 1 aliphatic carbocycles. The Morgan fingerprint density at radius 2 is 1.97 bits per heavy atom. The first-order chi connectivity index (χ1) is 14.4. The van der Waals surface area contributed by atoms with E-state index < -0.39 is 11.8 Å². The SMILES string of the molecule is CN(CCCC(=O)O)C1CCC(Nc2cc(Nc3ccc(F)c(Cl)c3)ncn2)CC1. The summed E-state index contributed by atoms with van der Waals surface area (Å²) in [6.07, 6.45) is 6.55. The van der Waals surface area contributed by atoms with Crippen LogP contribution in [0.25, 0.3) is 0 Å². The van der Waals surface area contributed by atoms with Crippen LogP contribution >= 0.6 is 11.6 Å². The van der Waals surface area contributed by atoms with E-state index in [9.17, 15) is 9.18 Å². The van der Waals surface area contributed by atoms with Gasteiger partial charge >= 0.3 is 5.97 Å². The largest absolute Gasteiger partial charge is 0.481 e. The van der Waals surface area contributed by atoms with Crippen LogP contribution in [0.15, 0.2) is 30.6 Å². The molecule has 0 radical (unpaired) electrons. The van der Waals surface area contributed by atoms with E-state index >= 15 is 0 Å². The summed E-state index contributed by atoms with van der Waals surface area (Å²) in [4.78, 5) is 21.5. The van der Waals surface area contributed by atoms with Gasteiger partial charge in [0, 0.05) is 30.3 Å². The van der Waals surface area contributed by atoms with Gasteiger partial charge in [-0.05, 0) is 63.9 Å². The van der Waals surface area contributed by atoms with Crippen molar-refractivity contribution < 1.29 is 14.3 Å². The quantitative estimate of drug-likeness (QED) is 0.533. The van der Waals surface area contributed by atoms with Gasteiger partial charge < -0.3 is 20.6 Å². The predicted octanol–water partition coefficient (Wildman–Crippen LogP) is 4.53. The second-order valence-electron chi connectivity index (χ2n) is 7.67. The lowest BCUT2D eigenvalue weighted by Crippen LogP contribution is -2.39. The highest BCUT2D eigenvalue weighted by Gasteiger charge is 2.24. The standard InChI is InChI=1S/C21H27ClFN5O2/c1-28(10-2-3-21(29)30)16-7-4-14(5-8-16)26-19-12-20(25-13-24-19)27-15-6-9-18(23)17(22)11-15/h6,9,11-14,16H,2-5,7-8,10H2,1H3,(H,29,30)(H2,24,25,26,27). The molecule has 1 heterocycles. The molecule has 0 bridgehead atoms. The van der Waals surface area contributed by atoms with Crippen LogP contribution in [0.1, 0.15) is 38.5 Å². The van der Waals surface area contributed by atoms with Crippen LogP contribution in [0.2, 0.25) is 5.02 Å². The Hall–Kier alpha value is -2.45. The molecule has 162 valence electrons. The Balaban J connectivity index is 1.48. The number of rotatable bonds is 9. The Labute approximate surface area is 180 Å². The highest BCUT2D eigenvalue weighted by molar-refractivity contribution is 6.31. The lowest BCUT2D eigenvalue weighted by atomic mass is 9.90. The Morgan fingerprint density at radius 3 is 2.67 bits per heavy atom. The summed E-state index contributed by atoms with van der Waals surface area (Å²) in [6, 6.07) is 7.06. The van der Waals surface area contributed by atoms with Gasteiger partial charge in [0.05, 0.1) is 5.02 Å². The normalized spacial score (nSPS) is 18.9. The van der Waals surface area contributed by atoms with E-state index in [4.69, 9.17) is 16.7 Å². The predicted molar refractivity (Wildman–Crippen MR) is 116 cm³/mol. The topological polar surface area (TPSA) is 90.4 Å². The molecular formula is C21H27ClFN5O2. The lowest BCUT2D eigenvalue weighted by Gasteiger charge is -2.35. The maximum absolute atomic E-state index is 13.3. The Bertz CT molecular complexity index is 861. The number of hydrogen-bond acceptors (Lipinski definition) is 6. The minimum atomic E-state index is -0.738. The van der Waals surface area contributed by atoms with Gasteiger partial charge in [-0.25, -0.2) is 14.4 Å². The third kappa shape index (κ3) is 6.53. The molecule has 7 nitrogen and oxygen atoms in total. The van der Waals surface area contributed by atoms with Gasteiger partial charge in [-0.1, -0.05) is 11.6 Å². The first kappa shape index (κ1) is 22.2. The number of carbonyl (C=O) groups is 1. The molecule has 0 atom stereocenters. The zero-order valence-corrected chi connectivity index (χ0v) is 17.7. The van der Waals surface area contributed by atoms with E-state index in [0.717, 1.165) is 38.0 Å². The van der Waals surface area contributed by atoms with Crippen molar-refractivity contribution in [1.82, 2.24) is 14.9 Å². The van der Waals surface area contributed by atoms with Crippen LogP contribution in [0.3, 0.4) is 0 Å². The molecular weight excluding hydrogens is 409 g/mol. The summed E-state index contributed by atoms with van der Waals surface area (Å²) in [7, 11) is 2.07. The van der Waals surface area contributed by atoms with Crippen LogP contribution in [-0.2, 0) is 4.79 Å². The Morgan fingerprint density at radius 1 is 1.23 bits per heavy atom. The summed E-state index contributed by atoms with van der Waals surface area (Å²) in [5.74, 6) is 0.133. The monoisotopic (exact) mass is 435 g/mol. The molecule has 0 amide bonds. The second kappa shape index (κ2) is 10.5. The van der Waals surface area contributed by atoms with E-state index in [2.05, 4.69) is 32.5 Å². The summed E-state index contributed by atoms with van der Waals surface area (Å²) in [5, 5.41) is 15.4. The van der Waals surface area contributed by atoms with Gasteiger partial charge in [0.2, 0.25) is 0 Å². The number of hydrogen-bond donors (Lipinski definition) is 3. The van der Waals surface area contributed by atoms with Gasteiger partial charge in [-0.3, -0.25) is 4.79 Å². The second-order valence-corrected chi connectivity index (χ2v) is 8.08. The van der Waals surface area contributed by atoms with Crippen LogP contribution < -0.4 is 10.6 Å². The summed E-state index contributed by atoms with van der Waals surface area (Å²) in [6.45, 7) is 0.809. The van der Waals surface area contributed by atoms with Crippen LogP contribution in [0.5, 0.6) is 0 Å². The van der Waals surface area contributed by atoms with Gasteiger partial charge in [-0.15, -0.1) is 0 Å². The maximum atomic E-state index is 13.3. The van der Waals surface area contributed by atoms with Crippen molar-refractivity contribution in [2.24, 2.45) is 0 Å². The average Bonchev–Trinajstić information content (AvgIpc) is 2.71. The van der Waals surface area contributed by atoms with Crippen molar-refractivity contribution in [2.45, 2.75) is 50.6 Å². The van der Waals surface area contributed by atoms with Gasteiger partial charge in [0.25, 0.3) is 0 Å². The van der Waals surface area contributed by atoms with Gasteiger partial charge in [0.15, 0.2) is 0 Å². The number of anilines is 3. The number of aromatic nitrogens is 2. The number of benzene rings is 1. The van der Waals surface area contributed by atoms with Crippen LogP contribution in [-0.4, -0.2) is 51.6 Å². The fraction of sp³-hybridized carbons (Fsp3) is 0.476. The van der Waals surface area contributed by atoms with Gasteiger partial charge in [-0.2, -0.15) is 0 Å². The fourth-order valence-corrected chi connectivity index (χ4v) is 3.94. The molecule has 1 aromatic carbocycles. The Kier molecular flexibility index (Phi) is 7.81. The highest BCUT2D eigenvalue weighted by Crippen LogP contribution is 2.26. The van der Waals surface area contributed by atoms with E-state index in [1.54, 1.807) is 6.07 Å². The molecule has 0 aliphatic heterocycles. The molecule has 0 unspecified atom stereocenters. The van der Waals surface area contributed by atoms with E-state index in [-0.39, 0.29) is 11.4 Å². The van der Waals surface area contributed by atoms with Crippen molar-refractivity contribution in [2.75, 3.05) is 24.2 Å². The third-order valence-corrected chi connectivity index (χ3v) is 5.72. The zero-order chi connectivity index (χ0) is 21.5. The first-order valence-corrected chi connectivity index (χ1v) is 10.5. The number of carboxylic acid groups (broad SMARTS) is 1. The molecule has 30 heavy (non-hydrogen) atoms.